The molecular formula is C26H25FN2O5S. The van der Waals surface area contributed by atoms with Gasteiger partial charge in [0, 0.05) is 46.3 Å². The predicted octanol–water partition coefficient (Wildman–Crippen LogP) is 5.07. The van der Waals surface area contributed by atoms with E-state index in [0.717, 1.165) is 42.6 Å². The van der Waals surface area contributed by atoms with Gasteiger partial charge in [-0.2, -0.15) is 11.3 Å². The normalized spacial score (nSPS) is 19.7. The van der Waals surface area contributed by atoms with Crippen LogP contribution in [0.3, 0.4) is 0 Å². The van der Waals surface area contributed by atoms with Crippen LogP contribution in [0.4, 0.5) is 10.1 Å². The summed E-state index contributed by atoms with van der Waals surface area (Å²) in [6, 6.07) is 10.4. The number of nitrogens with one attached hydrogen (secondary N) is 1. The average Bonchev–Trinajstić information content (AvgIpc) is 3.56. The van der Waals surface area contributed by atoms with Gasteiger partial charge in [0.2, 0.25) is 19.0 Å². The number of hydrogen-bond donors (Lipinski definition) is 1. The first-order valence-corrected chi connectivity index (χ1v) is 12.6. The van der Waals surface area contributed by atoms with Crippen molar-refractivity contribution in [1.29, 1.82) is 0 Å². The summed E-state index contributed by atoms with van der Waals surface area (Å²) in [4.78, 5) is 15.1. The Labute approximate surface area is 206 Å². The Balaban J connectivity index is 1.08. The molecule has 1 aromatic heterocycles. The third-order valence-corrected chi connectivity index (χ3v) is 7.33. The fourth-order valence-corrected chi connectivity index (χ4v) is 5.44. The zero-order chi connectivity index (χ0) is 23.8. The number of halogens is 1. The van der Waals surface area contributed by atoms with Crippen LogP contribution in [0.25, 0.3) is 0 Å². The molecule has 35 heavy (non-hydrogen) atoms. The first-order valence-electron chi connectivity index (χ1n) is 11.7. The van der Waals surface area contributed by atoms with Crippen LogP contribution in [0, 0.1) is 11.7 Å². The summed E-state index contributed by atoms with van der Waals surface area (Å²) >= 11 is 1.58. The van der Waals surface area contributed by atoms with Crippen LogP contribution in [0.2, 0.25) is 0 Å². The Hall–Kier alpha value is -3.14. The van der Waals surface area contributed by atoms with Gasteiger partial charge in [0.25, 0.3) is 0 Å². The Morgan fingerprint density at radius 1 is 1.11 bits per heavy atom. The molecule has 4 heterocycles. The fourth-order valence-electron chi connectivity index (χ4n) is 4.78. The number of carbonyl (C=O) groups is 1. The van der Waals surface area contributed by atoms with E-state index in [2.05, 4.69) is 10.2 Å². The Morgan fingerprint density at radius 3 is 2.80 bits per heavy atom. The number of hydrogen-bond acceptors (Lipinski definition) is 7. The van der Waals surface area contributed by atoms with Crippen molar-refractivity contribution in [2.75, 3.05) is 25.2 Å². The molecule has 1 fully saturated rings. The van der Waals surface area contributed by atoms with E-state index in [4.69, 9.17) is 18.9 Å². The molecule has 3 aliphatic rings. The van der Waals surface area contributed by atoms with E-state index >= 15 is 0 Å². The van der Waals surface area contributed by atoms with Gasteiger partial charge >= 0.3 is 0 Å². The molecule has 0 saturated carbocycles. The molecule has 9 heteroatoms. The molecule has 0 aliphatic carbocycles. The largest absolute Gasteiger partial charge is 0.460 e. The van der Waals surface area contributed by atoms with Crippen LogP contribution < -0.4 is 19.5 Å². The lowest BCUT2D eigenvalue weighted by Gasteiger charge is -2.33. The predicted molar refractivity (Wildman–Crippen MR) is 128 cm³/mol. The molecule has 182 valence electrons. The highest BCUT2D eigenvalue weighted by Gasteiger charge is 2.29. The standard InChI is InChI=1S/C26H25FN2O5S/c27-20-9-18(24-19(10-20)13-31-26(34-24)17-5-8-35-14-17)12-29-6-3-16(4-7-29)25(30)28-21-1-2-22-23(11-21)33-15-32-22/h1-2,5,8-11,14,16,26H,3-4,6-7,12-13,15H2,(H,28,30)/t26-/m0/s1. The van der Waals surface area contributed by atoms with Crippen molar-refractivity contribution in [2.24, 2.45) is 5.92 Å². The lowest BCUT2D eigenvalue weighted by Crippen LogP contribution is -2.38. The van der Waals surface area contributed by atoms with Gasteiger partial charge in [-0.3, -0.25) is 9.69 Å². The zero-order valence-electron chi connectivity index (χ0n) is 19.0. The van der Waals surface area contributed by atoms with Crippen LogP contribution in [0.15, 0.2) is 47.2 Å². The van der Waals surface area contributed by atoms with Crippen LogP contribution in [-0.2, 0) is 22.7 Å². The molecule has 3 aliphatic heterocycles. The number of amides is 1. The fraction of sp³-hybridized carbons (Fsp3) is 0.346. The average molecular weight is 497 g/mol. The van der Waals surface area contributed by atoms with Crippen molar-refractivity contribution in [3.8, 4) is 17.2 Å². The van der Waals surface area contributed by atoms with Gasteiger partial charge in [0.1, 0.15) is 11.6 Å². The number of carbonyl (C=O) groups excluding carboxylic acids is 1. The van der Waals surface area contributed by atoms with Crippen molar-refractivity contribution >= 4 is 22.9 Å². The molecule has 1 N–H and O–H groups in total. The number of thiophene rings is 1. The van der Waals surface area contributed by atoms with Crippen molar-refractivity contribution in [3.63, 3.8) is 0 Å². The number of ether oxygens (including phenoxy) is 4. The topological polar surface area (TPSA) is 69.3 Å². The highest BCUT2D eigenvalue weighted by molar-refractivity contribution is 7.07. The molecule has 3 aromatic rings. The van der Waals surface area contributed by atoms with Gasteiger partial charge in [-0.1, -0.05) is 0 Å². The molecule has 6 rings (SSSR count). The van der Waals surface area contributed by atoms with E-state index in [1.54, 1.807) is 29.5 Å². The SMILES string of the molecule is O=C(Nc1ccc2c(c1)OCO2)C1CCN(Cc2cc(F)cc3c2O[C@@H](c2ccsc2)OC3)CC1. The maximum Gasteiger partial charge on any atom is 0.231 e. The van der Waals surface area contributed by atoms with Gasteiger partial charge < -0.3 is 24.3 Å². The van der Waals surface area contributed by atoms with Crippen LogP contribution in [0.5, 0.6) is 17.2 Å². The van der Waals surface area contributed by atoms with Gasteiger partial charge in [-0.05, 0) is 61.6 Å². The molecule has 0 spiro atoms. The second-order valence-corrected chi connectivity index (χ2v) is 9.76. The number of rotatable bonds is 5. The van der Waals surface area contributed by atoms with Gasteiger partial charge in [0.05, 0.1) is 6.61 Å². The summed E-state index contributed by atoms with van der Waals surface area (Å²) in [6.45, 7) is 2.56. The van der Waals surface area contributed by atoms with Crippen LogP contribution in [0.1, 0.15) is 35.8 Å². The number of benzene rings is 2. The second kappa shape index (κ2) is 9.49. The minimum atomic E-state index is -0.483. The maximum atomic E-state index is 14.3. The Morgan fingerprint density at radius 2 is 1.97 bits per heavy atom. The molecule has 1 atom stereocenters. The lowest BCUT2D eigenvalue weighted by atomic mass is 9.95. The van der Waals surface area contributed by atoms with E-state index < -0.39 is 6.29 Å². The van der Waals surface area contributed by atoms with E-state index in [1.807, 2.05) is 22.9 Å². The van der Waals surface area contributed by atoms with E-state index in [-0.39, 0.29) is 24.4 Å². The molecule has 0 radical (unpaired) electrons. The van der Waals surface area contributed by atoms with Gasteiger partial charge in [0.15, 0.2) is 11.5 Å². The van der Waals surface area contributed by atoms with E-state index in [0.29, 0.717) is 36.1 Å². The molecular weight excluding hydrogens is 471 g/mol. The number of piperidine rings is 1. The summed E-state index contributed by atoms with van der Waals surface area (Å²) in [7, 11) is 0. The highest BCUT2D eigenvalue weighted by Crippen LogP contribution is 2.38. The summed E-state index contributed by atoms with van der Waals surface area (Å²) in [5.74, 6) is 1.67. The minimum Gasteiger partial charge on any atom is -0.460 e. The molecule has 1 saturated heterocycles. The molecule has 0 unspecified atom stereocenters. The summed E-state index contributed by atoms with van der Waals surface area (Å²) in [6.07, 6.45) is 0.980. The first-order chi connectivity index (χ1) is 17.1. The third-order valence-electron chi connectivity index (χ3n) is 6.63. The Bertz CT molecular complexity index is 1230. The maximum absolute atomic E-state index is 14.3. The lowest BCUT2D eigenvalue weighted by molar-refractivity contribution is -0.121. The minimum absolute atomic E-state index is 0.00531. The van der Waals surface area contributed by atoms with E-state index in [9.17, 15) is 9.18 Å². The molecule has 0 bridgehead atoms. The summed E-state index contributed by atoms with van der Waals surface area (Å²) in [5, 5.41) is 6.98. The number of anilines is 1. The van der Waals surface area contributed by atoms with Crippen molar-refractivity contribution in [3.05, 3.63) is 69.7 Å². The smallest absolute Gasteiger partial charge is 0.231 e. The monoisotopic (exact) mass is 496 g/mol. The van der Waals surface area contributed by atoms with Gasteiger partial charge in [-0.15, -0.1) is 0 Å². The first kappa shape index (κ1) is 22.3. The van der Waals surface area contributed by atoms with Crippen LogP contribution >= 0.6 is 11.3 Å². The highest BCUT2D eigenvalue weighted by atomic mass is 32.1. The number of nitrogens with zero attached hydrogens (tertiary/aromatic N) is 1. The zero-order valence-corrected chi connectivity index (χ0v) is 19.8. The van der Waals surface area contributed by atoms with Crippen molar-refractivity contribution in [2.45, 2.75) is 32.3 Å². The number of likely N-dealkylation sites (tertiary alicyclic amines) is 1. The van der Waals surface area contributed by atoms with Crippen LogP contribution in [-0.4, -0.2) is 30.7 Å². The summed E-state index contributed by atoms with van der Waals surface area (Å²) < 4.78 is 37.0. The number of fused-ring (bicyclic) bond motifs is 2. The molecule has 2 aromatic carbocycles. The molecule has 1 amide bonds. The van der Waals surface area contributed by atoms with Crippen molar-refractivity contribution < 1.29 is 28.1 Å². The van der Waals surface area contributed by atoms with E-state index in [1.165, 1.54) is 6.07 Å². The van der Waals surface area contributed by atoms with Crippen molar-refractivity contribution in [1.82, 2.24) is 4.90 Å². The Kier molecular flexibility index (Phi) is 6.05. The third kappa shape index (κ3) is 4.71. The summed E-state index contributed by atoms with van der Waals surface area (Å²) in [5.41, 5.74) is 3.20. The molecule has 7 nitrogen and oxygen atoms in total. The second-order valence-electron chi connectivity index (χ2n) is 8.98. The quantitative estimate of drug-likeness (QED) is 0.532. The van der Waals surface area contributed by atoms with Gasteiger partial charge in [-0.25, -0.2) is 4.39 Å².